The molecular formula is C17H20ClNO. The Kier molecular flexibility index (Phi) is 5.45. The molecule has 1 N–H and O–H groups in total. The highest BCUT2D eigenvalue weighted by molar-refractivity contribution is 6.30. The molecule has 0 aliphatic carbocycles. The second-order valence-corrected chi connectivity index (χ2v) is 5.48. The van der Waals surface area contributed by atoms with Crippen LogP contribution in [0.4, 0.5) is 0 Å². The highest BCUT2D eigenvalue weighted by atomic mass is 35.5. The zero-order valence-corrected chi connectivity index (χ0v) is 12.7. The number of rotatable bonds is 6. The Bertz CT molecular complexity index is 537. The lowest BCUT2D eigenvalue weighted by Crippen LogP contribution is -2.22. The average Bonchev–Trinajstić information content (AvgIpc) is 2.45. The van der Waals surface area contributed by atoms with Crippen LogP contribution in [-0.2, 0) is 13.2 Å². The number of hydrogen-bond donors (Lipinski definition) is 1. The Morgan fingerprint density at radius 3 is 2.30 bits per heavy atom. The zero-order valence-electron chi connectivity index (χ0n) is 11.9. The molecule has 0 bridgehead atoms. The van der Waals surface area contributed by atoms with Gasteiger partial charge in [0.05, 0.1) is 0 Å². The van der Waals surface area contributed by atoms with Crippen molar-refractivity contribution < 1.29 is 4.74 Å². The van der Waals surface area contributed by atoms with Crippen molar-refractivity contribution in [3.63, 3.8) is 0 Å². The minimum atomic E-state index is 0.472. The Balaban J connectivity index is 1.99. The third kappa shape index (κ3) is 4.55. The molecular weight excluding hydrogens is 270 g/mol. The predicted molar refractivity (Wildman–Crippen MR) is 84.2 cm³/mol. The van der Waals surface area contributed by atoms with Crippen LogP contribution in [0.1, 0.15) is 25.0 Å². The lowest BCUT2D eigenvalue weighted by atomic mass is 10.1. The monoisotopic (exact) mass is 289 g/mol. The van der Waals surface area contributed by atoms with Crippen LogP contribution in [0.15, 0.2) is 48.5 Å². The molecule has 2 aromatic rings. The molecule has 106 valence electrons. The first-order valence-corrected chi connectivity index (χ1v) is 7.21. The van der Waals surface area contributed by atoms with Gasteiger partial charge in [-0.2, -0.15) is 0 Å². The van der Waals surface area contributed by atoms with Crippen molar-refractivity contribution in [1.29, 1.82) is 0 Å². The first kappa shape index (κ1) is 14.9. The van der Waals surface area contributed by atoms with Gasteiger partial charge in [0.1, 0.15) is 12.4 Å². The lowest BCUT2D eigenvalue weighted by Gasteiger charge is -2.13. The van der Waals surface area contributed by atoms with Crippen LogP contribution in [-0.4, -0.2) is 6.04 Å². The van der Waals surface area contributed by atoms with Crippen molar-refractivity contribution in [3.8, 4) is 5.75 Å². The topological polar surface area (TPSA) is 21.3 Å². The third-order valence-corrected chi connectivity index (χ3v) is 3.28. The van der Waals surface area contributed by atoms with Gasteiger partial charge in [-0.25, -0.2) is 0 Å². The molecule has 0 saturated carbocycles. The molecule has 0 radical (unpaired) electrons. The molecule has 0 atom stereocenters. The van der Waals surface area contributed by atoms with Gasteiger partial charge in [0.2, 0.25) is 0 Å². The van der Waals surface area contributed by atoms with E-state index in [0.29, 0.717) is 12.6 Å². The summed E-state index contributed by atoms with van der Waals surface area (Å²) < 4.78 is 5.81. The maximum absolute atomic E-state index is 5.86. The average molecular weight is 290 g/mol. The fourth-order valence-corrected chi connectivity index (χ4v) is 2.00. The minimum Gasteiger partial charge on any atom is -0.489 e. The fourth-order valence-electron chi connectivity index (χ4n) is 1.88. The van der Waals surface area contributed by atoms with Gasteiger partial charge >= 0.3 is 0 Å². The molecule has 0 spiro atoms. The van der Waals surface area contributed by atoms with Gasteiger partial charge in [0, 0.05) is 17.6 Å². The maximum Gasteiger partial charge on any atom is 0.119 e. The Hall–Kier alpha value is -1.51. The minimum absolute atomic E-state index is 0.472. The van der Waals surface area contributed by atoms with Crippen LogP contribution in [0.3, 0.4) is 0 Å². The molecule has 0 saturated heterocycles. The second kappa shape index (κ2) is 7.32. The van der Waals surface area contributed by atoms with E-state index in [1.165, 1.54) is 11.1 Å². The number of halogens is 1. The number of nitrogens with one attached hydrogen (secondary N) is 1. The maximum atomic E-state index is 5.86. The van der Waals surface area contributed by atoms with Gasteiger partial charge in [0.15, 0.2) is 0 Å². The Morgan fingerprint density at radius 2 is 1.65 bits per heavy atom. The number of hydrogen-bond acceptors (Lipinski definition) is 2. The molecule has 0 aliphatic heterocycles. The Morgan fingerprint density at radius 1 is 1.00 bits per heavy atom. The van der Waals surface area contributed by atoms with E-state index in [9.17, 15) is 0 Å². The molecule has 0 aliphatic rings. The van der Waals surface area contributed by atoms with Gasteiger partial charge in [-0.15, -0.1) is 0 Å². The zero-order chi connectivity index (χ0) is 14.4. The summed E-state index contributed by atoms with van der Waals surface area (Å²) in [6.07, 6.45) is 0. The summed E-state index contributed by atoms with van der Waals surface area (Å²) in [5, 5.41) is 4.16. The molecule has 2 rings (SSSR count). The van der Waals surface area contributed by atoms with E-state index in [4.69, 9.17) is 16.3 Å². The molecule has 3 heteroatoms. The van der Waals surface area contributed by atoms with Crippen LogP contribution in [0.25, 0.3) is 0 Å². The molecule has 0 amide bonds. The summed E-state index contributed by atoms with van der Waals surface area (Å²) in [6.45, 7) is 5.72. The molecule has 2 aromatic carbocycles. The van der Waals surface area contributed by atoms with Crippen LogP contribution in [0.5, 0.6) is 5.75 Å². The summed E-state index contributed by atoms with van der Waals surface area (Å²) in [5.41, 5.74) is 2.48. The van der Waals surface area contributed by atoms with Gasteiger partial charge < -0.3 is 10.1 Å². The Labute approximate surface area is 125 Å². The molecule has 2 nitrogen and oxygen atoms in total. The molecule has 0 heterocycles. The van der Waals surface area contributed by atoms with E-state index in [1.807, 2.05) is 30.3 Å². The molecule has 0 aromatic heterocycles. The molecule has 20 heavy (non-hydrogen) atoms. The first-order valence-electron chi connectivity index (χ1n) is 6.83. The van der Waals surface area contributed by atoms with Crippen LogP contribution in [0.2, 0.25) is 5.02 Å². The van der Waals surface area contributed by atoms with Gasteiger partial charge in [-0.3, -0.25) is 0 Å². The second-order valence-electron chi connectivity index (χ2n) is 5.05. The van der Waals surface area contributed by atoms with E-state index < -0.39 is 0 Å². The predicted octanol–water partition coefficient (Wildman–Crippen LogP) is 4.42. The van der Waals surface area contributed by atoms with Crippen LogP contribution < -0.4 is 10.1 Å². The standard InChI is InChI=1S/C17H20ClNO/c1-13(2)19-11-14-5-3-4-6-15(14)12-20-17-9-7-16(18)8-10-17/h3-10,13,19H,11-12H2,1-2H3. The molecule has 0 unspecified atom stereocenters. The highest BCUT2D eigenvalue weighted by Crippen LogP contribution is 2.18. The van der Waals surface area contributed by atoms with Crippen molar-refractivity contribution in [2.45, 2.75) is 33.0 Å². The largest absolute Gasteiger partial charge is 0.489 e. The van der Waals surface area contributed by atoms with E-state index in [2.05, 4.69) is 37.4 Å². The normalized spacial score (nSPS) is 10.8. The molecule has 0 fully saturated rings. The van der Waals surface area contributed by atoms with Crippen molar-refractivity contribution >= 4 is 11.6 Å². The fraction of sp³-hybridized carbons (Fsp3) is 0.294. The van der Waals surface area contributed by atoms with Gasteiger partial charge in [-0.1, -0.05) is 49.7 Å². The van der Waals surface area contributed by atoms with E-state index in [1.54, 1.807) is 0 Å². The van der Waals surface area contributed by atoms with E-state index in [-0.39, 0.29) is 0 Å². The van der Waals surface area contributed by atoms with E-state index in [0.717, 1.165) is 17.3 Å². The number of benzene rings is 2. The first-order chi connectivity index (χ1) is 9.65. The summed E-state index contributed by atoms with van der Waals surface area (Å²) >= 11 is 5.86. The summed E-state index contributed by atoms with van der Waals surface area (Å²) in [5.74, 6) is 0.834. The van der Waals surface area contributed by atoms with Crippen molar-refractivity contribution in [2.75, 3.05) is 0 Å². The summed E-state index contributed by atoms with van der Waals surface area (Å²) in [6, 6.07) is 16.3. The quantitative estimate of drug-likeness (QED) is 0.850. The summed E-state index contributed by atoms with van der Waals surface area (Å²) in [7, 11) is 0. The van der Waals surface area contributed by atoms with Crippen LogP contribution >= 0.6 is 11.6 Å². The van der Waals surface area contributed by atoms with E-state index >= 15 is 0 Å². The summed E-state index contributed by atoms with van der Waals surface area (Å²) in [4.78, 5) is 0. The SMILES string of the molecule is CC(C)NCc1ccccc1COc1ccc(Cl)cc1. The lowest BCUT2D eigenvalue weighted by molar-refractivity contribution is 0.304. The van der Waals surface area contributed by atoms with Gasteiger partial charge in [-0.05, 0) is 35.4 Å². The highest BCUT2D eigenvalue weighted by Gasteiger charge is 2.03. The van der Waals surface area contributed by atoms with Crippen molar-refractivity contribution in [2.24, 2.45) is 0 Å². The van der Waals surface area contributed by atoms with Crippen LogP contribution in [0, 0.1) is 0 Å². The smallest absolute Gasteiger partial charge is 0.119 e. The van der Waals surface area contributed by atoms with Crippen molar-refractivity contribution in [1.82, 2.24) is 5.32 Å². The van der Waals surface area contributed by atoms with Gasteiger partial charge in [0.25, 0.3) is 0 Å². The third-order valence-electron chi connectivity index (χ3n) is 3.03. The van der Waals surface area contributed by atoms with Crippen molar-refractivity contribution in [3.05, 3.63) is 64.7 Å². The number of ether oxygens (including phenoxy) is 1.